The lowest BCUT2D eigenvalue weighted by molar-refractivity contribution is 0.0751. The zero-order valence-electron chi connectivity index (χ0n) is 16.4. The SMILES string of the molecule is CC(C)(C)c1cccc(Nc2cc(N[C@@H]3CCOC[C@@H]3N)nnc2C(N)=O)n1. The summed E-state index contributed by atoms with van der Waals surface area (Å²) in [6.07, 6.45) is 0.762. The van der Waals surface area contributed by atoms with Crippen molar-refractivity contribution >= 4 is 23.2 Å². The molecule has 2 aromatic heterocycles. The molecule has 0 bridgehead atoms. The molecule has 1 fully saturated rings. The van der Waals surface area contributed by atoms with Crippen LogP contribution in [0.25, 0.3) is 0 Å². The second kappa shape index (κ2) is 8.07. The molecule has 1 saturated heterocycles. The van der Waals surface area contributed by atoms with Crippen LogP contribution in [0.2, 0.25) is 0 Å². The Bertz CT molecular complexity index is 850. The molecule has 0 saturated carbocycles. The van der Waals surface area contributed by atoms with Crippen molar-refractivity contribution in [3.8, 4) is 0 Å². The summed E-state index contributed by atoms with van der Waals surface area (Å²) in [6, 6.07) is 7.26. The minimum atomic E-state index is -0.670. The third-order valence-corrected chi connectivity index (χ3v) is 4.54. The number of primary amides is 1. The van der Waals surface area contributed by atoms with Gasteiger partial charge in [-0.25, -0.2) is 4.98 Å². The smallest absolute Gasteiger partial charge is 0.271 e. The van der Waals surface area contributed by atoms with Crippen molar-refractivity contribution in [2.45, 2.75) is 44.7 Å². The number of rotatable bonds is 5. The predicted octanol–water partition coefficient (Wildman–Crippen LogP) is 1.54. The summed E-state index contributed by atoms with van der Waals surface area (Å²) in [5.74, 6) is 0.426. The van der Waals surface area contributed by atoms with Crippen LogP contribution >= 0.6 is 0 Å². The van der Waals surface area contributed by atoms with Crippen molar-refractivity contribution in [2.24, 2.45) is 11.5 Å². The molecule has 1 aliphatic heterocycles. The summed E-state index contributed by atoms with van der Waals surface area (Å²) in [4.78, 5) is 16.4. The van der Waals surface area contributed by atoms with Crippen molar-refractivity contribution in [2.75, 3.05) is 23.8 Å². The van der Waals surface area contributed by atoms with Gasteiger partial charge in [-0.05, 0) is 18.6 Å². The Hall–Kier alpha value is -2.78. The highest BCUT2D eigenvalue weighted by atomic mass is 16.5. The first-order chi connectivity index (χ1) is 13.2. The summed E-state index contributed by atoms with van der Waals surface area (Å²) in [5, 5.41) is 14.5. The number of anilines is 3. The van der Waals surface area contributed by atoms with E-state index in [2.05, 4.69) is 46.6 Å². The number of aromatic nitrogens is 3. The van der Waals surface area contributed by atoms with Crippen LogP contribution in [0.1, 0.15) is 43.4 Å². The summed E-state index contributed by atoms with van der Waals surface area (Å²) >= 11 is 0. The van der Waals surface area contributed by atoms with Crippen LogP contribution < -0.4 is 22.1 Å². The maximum atomic E-state index is 11.8. The second-order valence-corrected chi connectivity index (χ2v) is 7.92. The molecule has 0 spiro atoms. The maximum absolute atomic E-state index is 11.8. The topological polar surface area (TPSA) is 141 Å². The fraction of sp³-hybridized carbons (Fsp3) is 0.474. The van der Waals surface area contributed by atoms with Crippen LogP contribution in [0.5, 0.6) is 0 Å². The Morgan fingerprint density at radius 3 is 2.71 bits per heavy atom. The van der Waals surface area contributed by atoms with E-state index in [1.807, 2.05) is 18.2 Å². The van der Waals surface area contributed by atoms with E-state index in [0.717, 1.165) is 12.1 Å². The van der Waals surface area contributed by atoms with Gasteiger partial charge in [-0.3, -0.25) is 4.79 Å². The van der Waals surface area contributed by atoms with Gasteiger partial charge in [-0.2, -0.15) is 0 Å². The highest BCUT2D eigenvalue weighted by Crippen LogP contribution is 2.25. The van der Waals surface area contributed by atoms with Gasteiger partial charge in [0.25, 0.3) is 5.91 Å². The van der Waals surface area contributed by atoms with Crippen LogP contribution in [-0.4, -0.2) is 46.4 Å². The van der Waals surface area contributed by atoms with Crippen LogP contribution in [0.15, 0.2) is 24.3 Å². The van der Waals surface area contributed by atoms with Gasteiger partial charge in [-0.1, -0.05) is 26.8 Å². The molecule has 0 aliphatic carbocycles. The summed E-state index contributed by atoms with van der Waals surface area (Å²) in [5.41, 5.74) is 12.9. The third kappa shape index (κ3) is 4.73. The number of nitrogens with two attached hydrogens (primary N) is 2. The fourth-order valence-electron chi connectivity index (χ4n) is 2.93. The van der Waals surface area contributed by atoms with Gasteiger partial charge in [-0.15, -0.1) is 10.2 Å². The Kier molecular flexibility index (Phi) is 5.76. The quantitative estimate of drug-likeness (QED) is 0.607. The van der Waals surface area contributed by atoms with E-state index in [1.54, 1.807) is 6.07 Å². The molecule has 1 amide bonds. The lowest BCUT2D eigenvalue weighted by atomic mass is 9.92. The monoisotopic (exact) mass is 385 g/mol. The molecule has 6 N–H and O–H groups in total. The first-order valence-electron chi connectivity index (χ1n) is 9.26. The molecule has 3 heterocycles. The van der Waals surface area contributed by atoms with E-state index >= 15 is 0 Å². The normalized spacial score (nSPS) is 19.9. The number of hydrogen-bond donors (Lipinski definition) is 4. The van der Waals surface area contributed by atoms with Gasteiger partial charge >= 0.3 is 0 Å². The molecule has 9 heteroatoms. The Morgan fingerprint density at radius 1 is 1.25 bits per heavy atom. The zero-order valence-corrected chi connectivity index (χ0v) is 16.4. The molecule has 2 atom stereocenters. The molecule has 150 valence electrons. The molecule has 0 aromatic carbocycles. The van der Waals surface area contributed by atoms with E-state index < -0.39 is 5.91 Å². The minimum absolute atomic E-state index is 0.0117. The fourth-order valence-corrected chi connectivity index (χ4v) is 2.93. The van der Waals surface area contributed by atoms with Crippen molar-refractivity contribution in [3.63, 3.8) is 0 Å². The maximum Gasteiger partial charge on any atom is 0.271 e. The van der Waals surface area contributed by atoms with Gasteiger partial charge < -0.3 is 26.8 Å². The molecular formula is C19H27N7O2. The van der Waals surface area contributed by atoms with E-state index in [0.29, 0.717) is 30.5 Å². The standard InChI is InChI=1S/C19H27N7O2/c1-19(2,3)14-5-4-6-15(24-14)23-13-9-16(25-26-17(13)18(21)27)22-12-7-8-28-10-11(12)20/h4-6,9,11-12H,7-8,10,20H2,1-3H3,(H2,21,27)(H2,22,23,24,25)/t11-,12+/m0/s1. The molecule has 2 aromatic rings. The Morgan fingerprint density at radius 2 is 2.04 bits per heavy atom. The van der Waals surface area contributed by atoms with Gasteiger partial charge in [0, 0.05) is 35.9 Å². The van der Waals surface area contributed by atoms with Crippen LogP contribution in [0.4, 0.5) is 17.3 Å². The first-order valence-corrected chi connectivity index (χ1v) is 9.26. The molecule has 1 aliphatic rings. The molecule has 28 heavy (non-hydrogen) atoms. The van der Waals surface area contributed by atoms with Crippen LogP contribution in [-0.2, 0) is 10.2 Å². The van der Waals surface area contributed by atoms with Gasteiger partial charge in [0.1, 0.15) is 5.82 Å². The molecule has 0 radical (unpaired) electrons. The number of pyridine rings is 1. The third-order valence-electron chi connectivity index (χ3n) is 4.54. The molecule has 0 unspecified atom stereocenters. The lowest BCUT2D eigenvalue weighted by Crippen LogP contribution is -2.47. The number of carbonyl (C=O) groups is 1. The van der Waals surface area contributed by atoms with Crippen molar-refractivity contribution in [1.82, 2.24) is 15.2 Å². The summed E-state index contributed by atoms with van der Waals surface area (Å²) in [7, 11) is 0. The number of amides is 1. The van der Waals surface area contributed by atoms with Crippen LogP contribution in [0.3, 0.4) is 0 Å². The molecule has 9 nitrogen and oxygen atoms in total. The average Bonchev–Trinajstić information content (AvgIpc) is 2.63. The number of nitrogens with one attached hydrogen (secondary N) is 2. The zero-order chi connectivity index (χ0) is 20.3. The minimum Gasteiger partial charge on any atom is -0.380 e. The van der Waals surface area contributed by atoms with Crippen molar-refractivity contribution in [3.05, 3.63) is 35.7 Å². The van der Waals surface area contributed by atoms with Gasteiger partial charge in [0.05, 0.1) is 12.3 Å². The number of hydrogen-bond acceptors (Lipinski definition) is 8. The predicted molar refractivity (Wildman–Crippen MR) is 108 cm³/mol. The Balaban J connectivity index is 1.87. The largest absolute Gasteiger partial charge is 0.380 e. The molecular weight excluding hydrogens is 358 g/mol. The average molecular weight is 385 g/mol. The number of nitrogens with zero attached hydrogens (tertiary/aromatic N) is 3. The second-order valence-electron chi connectivity index (χ2n) is 7.92. The van der Waals surface area contributed by atoms with Crippen molar-refractivity contribution < 1.29 is 9.53 Å². The Labute approximate surface area is 164 Å². The summed E-state index contributed by atoms with van der Waals surface area (Å²) in [6.45, 7) is 7.37. The van der Waals surface area contributed by atoms with E-state index in [9.17, 15) is 4.79 Å². The van der Waals surface area contributed by atoms with Gasteiger partial charge in [0.2, 0.25) is 0 Å². The van der Waals surface area contributed by atoms with E-state index in [4.69, 9.17) is 16.2 Å². The van der Waals surface area contributed by atoms with Crippen LogP contribution in [0, 0.1) is 0 Å². The summed E-state index contributed by atoms with van der Waals surface area (Å²) < 4.78 is 5.36. The number of carbonyl (C=O) groups excluding carboxylic acids is 1. The van der Waals surface area contributed by atoms with Gasteiger partial charge in [0.15, 0.2) is 11.5 Å². The van der Waals surface area contributed by atoms with E-state index in [-0.39, 0.29) is 23.2 Å². The van der Waals surface area contributed by atoms with Crippen molar-refractivity contribution in [1.29, 1.82) is 0 Å². The number of ether oxygens (including phenoxy) is 1. The molecule has 3 rings (SSSR count). The van der Waals surface area contributed by atoms with E-state index in [1.165, 1.54) is 0 Å². The lowest BCUT2D eigenvalue weighted by Gasteiger charge is -2.29. The highest BCUT2D eigenvalue weighted by Gasteiger charge is 2.23. The first kappa shape index (κ1) is 20.0. The highest BCUT2D eigenvalue weighted by molar-refractivity contribution is 5.97.